The van der Waals surface area contributed by atoms with Gasteiger partial charge in [-0.1, -0.05) is 70.3 Å². The van der Waals surface area contributed by atoms with Gasteiger partial charge in [0.25, 0.3) is 0 Å². The minimum absolute atomic E-state index is 0.188. The van der Waals surface area contributed by atoms with Gasteiger partial charge in [-0.3, -0.25) is 0 Å². The summed E-state index contributed by atoms with van der Waals surface area (Å²) in [5, 5.41) is 13.5. The van der Waals surface area contributed by atoms with Crippen molar-refractivity contribution in [3.05, 3.63) is 111 Å². The molecule has 12 heteroatoms. The summed E-state index contributed by atoms with van der Waals surface area (Å²) < 4.78 is 38.2. The smallest absolute Gasteiger partial charge is 0.161 e. The van der Waals surface area contributed by atoms with E-state index in [1.54, 1.807) is 40.7 Å². The van der Waals surface area contributed by atoms with Crippen LogP contribution in [-0.2, 0) is 4.74 Å². The van der Waals surface area contributed by atoms with Crippen LogP contribution in [0.3, 0.4) is 0 Å². The van der Waals surface area contributed by atoms with E-state index >= 15 is 0 Å². The largest absolute Gasteiger partial charge is 0.362 e. The summed E-state index contributed by atoms with van der Waals surface area (Å²) in [6, 6.07) is 17.1. The fraction of sp³-hybridized carbons (Fsp3) is 0.214. The molecule has 40 heavy (non-hydrogen) atoms. The van der Waals surface area contributed by atoms with E-state index in [1.165, 1.54) is 0 Å². The third kappa shape index (κ3) is 5.22. The molecule has 0 amide bonds. The lowest BCUT2D eigenvalue weighted by molar-refractivity contribution is -0.0788. The van der Waals surface area contributed by atoms with E-state index < -0.39 is 22.8 Å². The lowest BCUT2D eigenvalue weighted by Crippen LogP contribution is -2.27. The molecule has 7 nitrogen and oxygen atoms in total. The van der Waals surface area contributed by atoms with E-state index in [1.807, 2.05) is 30.3 Å². The fourth-order valence-electron chi connectivity index (χ4n) is 4.92. The van der Waals surface area contributed by atoms with Gasteiger partial charge in [0, 0.05) is 23.4 Å². The molecule has 204 valence electrons. The zero-order valence-electron chi connectivity index (χ0n) is 21.0. The second kappa shape index (κ2) is 10.9. The minimum atomic E-state index is -0.865. The van der Waals surface area contributed by atoms with E-state index in [0.29, 0.717) is 45.9 Å². The first-order valence-corrected chi connectivity index (χ1v) is 13.6. The Morgan fingerprint density at radius 2 is 1.65 bits per heavy atom. The number of aromatic nitrogens is 6. The number of ether oxygens (including phenoxy) is 1. The summed E-state index contributed by atoms with van der Waals surface area (Å²) >= 11 is 18.5. The first-order valence-electron chi connectivity index (χ1n) is 12.4. The van der Waals surface area contributed by atoms with Crippen molar-refractivity contribution in [3.63, 3.8) is 0 Å². The van der Waals surface area contributed by atoms with Gasteiger partial charge in [0.15, 0.2) is 5.82 Å². The van der Waals surface area contributed by atoms with Gasteiger partial charge in [-0.15, -0.1) is 5.10 Å². The van der Waals surface area contributed by atoms with Gasteiger partial charge in [0.1, 0.15) is 34.3 Å². The Bertz CT molecular complexity index is 1670. The van der Waals surface area contributed by atoms with Crippen LogP contribution in [0.4, 0.5) is 8.78 Å². The molecule has 3 unspecified atom stereocenters. The first kappa shape index (κ1) is 26.8. The lowest BCUT2D eigenvalue weighted by Gasteiger charge is -2.35. The van der Waals surface area contributed by atoms with Gasteiger partial charge in [-0.05, 0) is 42.8 Å². The van der Waals surface area contributed by atoms with Crippen LogP contribution < -0.4 is 0 Å². The van der Waals surface area contributed by atoms with Crippen LogP contribution in [0.1, 0.15) is 48.3 Å². The monoisotopic (exact) mass is 600 g/mol. The van der Waals surface area contributed by atoms with Crippen molar-refractivity contribution in [2.24, 2.45) is 0 Å². The van der Waals surface area contributed by atoms with E-state index in [4.69, 9.17) is 44.5 Å². The molecule has 6 rings (SSSR count). The Kier molecular flexibility index (Phi) is 7.31. The van der Waals surface area contributed by atoms with Crippen molar-refractivity contribution < 1.29 is 13.5 Å². The predicted octanol–water partition coefficient (Wildman–Crippen LogP) is 7.91. The predicted molar refractivity (Wildman–Crippen MR) is 148 cm³/mol. The number of hydrogen-bond acceptors (Lipinski definition) is 5. The molecule has 5 aromatic rings. The maximum absolute atomic E-state index is 14.1. The highest BCUT2D eigenvalue weighted by Gasteiger charge is 2.36. The van der Waals surface area contributed by atoms with Gasteiger partial charge in [0.2, 0.25) is 0 Å². The average Bonchev–Trinajstić information content (AvgIpc) is 3.60. The molecule has 0 N–H and O–H groups in total. The van der Waals surface area contributed by atoms with Crippen molar-refractivity contribution in [2.75, 3.05) is 0 Å². The average molecular weight is 602 g/mol. The highest BCUT2D eigenvalue weighted by molar-refractivity contribution is 6.34. The van der Waals surface area contributed by atoms with Crippen molar-refractivity contribution in [3.8, 4) is 16.9 Å². The standard InChI is InChI=1S/C28H21Cl3F2N6O/c1-15-34-28(39(36-15)24-11-18(29)7-8-20(24)30)26-13-19(12-25(40-26)16-5-3-2-4-6-16)38-14-23(35-37-38)17-9-21(32)27(31)22(33)10-17/h2-11,14,19,25-26H,12-13H2,1H3. The summed E-state index contributed by atoms with van der Waals surface area (Å²) in [6.45, 7) is 1.79. The van der Waals surface area contributed by atoms with Crippen LogP contribution in [0.2, 0.25) is 15.1 Å². The maximum Gasteiger partial charge on any atom is 0.161 e. The Balaban J connectivity index is 1.39. The second-order valence-corrected chi connectivity index (χ2v) is 10.7. The molecule has 0 bridgehead atoms. The Morgan fingerprint density at radius 3 is 2.40 bits per heavy atom. The van der Waals surface area contributed by atoms with Crippen molar-refractivity contribution in [1.82, 2.24) is 29.8 Å². The molecule has 3 aromatic carbocycles. The molecule has 1 saturated heterocycles. The van der Waals surface area contributed by atoms with Gasteiger partial charge in [-0.2, -0.15) is 5.10 Å². The molecular weight excluding hydrogens is 581 g/mol. The van der Waals surface area contributed by atoms with E-state index in [-0.39, 0.29) is 17.7 Å². The summed E-state index contributed by atoms with van der Waals surface area (Å²) in [4.78, 5) is 4.70. The topological polar surface area (TPSA) is 70.7 Å². The number of halogens is 5. The van der Waals surface area contributed by atoms with Crippen molar-refractivity contribution >= 4 is 34.8 Å². The zero-order valence-corrected chi connectivity index (χ0v) is 23.2. The number of aryl methyl sites for hydroxylation is 1. The van der Waals surface area contributed by atoms with Crippen molar-refractivity contribution in [1.29, 1.82) is 0 Å². The number of benzene rings is 3. The summed E-state index contributed by atoms with van der Waals surface area (Å²) in [6.07, 6.45) is 1.92. The molecule has 1 fully saturated rings. The van der Waals surface area contributed by atoms with Crippen LogP contribution in [0.25, 0.3) is 16.9 Å². The maximum atomic E-state index is 14.1. The molecule has 1 aliphatic rings. The van der Waals surface area contributed by atoms with Gasteiger partial charge in [0.05, 0.1) is 29.1 Å². The van der Waals surface area contributed by atoms with Crippen LogP contribution in [0.15, 0.2) is 66.9 Å². The van der Waals surface area contributed by atoms with Gasteiger partial charge < -0.3 is 4.74 Å². The molecule has 0 saturated carbocycles. The Labute approximate surface area is 243 Å². The van der Waals surface area contributed by atoms with Crippen LogP contribution in [0.5, 0.6) is 0 Å². The third-order valence-electron chi connectivity index (χ3n) is 6.80. The molecular formula is C28H21Cl3F2N6O. The van der Waals surface area contributed by atoms with Crippen LogP contribution in [-0.4, -0.2) is 29.8 Å². The molecule has 2 aromatic heterocycles. The van der Waals surface area contributed by atoms with E-state index in [2.05, 4.69) is 15.4 Å². The number of rotatable bonds is 5. The summed E-state index contributed by atoms with van der Waals surface area (Å²) in [5.74, 6) is -0.621. The first-order chi connectivity index (χ1) is 19.3. The minimum Gasteiger partial charge on any atom is -0.362 e. The zero-order chi connectivity index (χ0) is 28.0. The lowest BCUT2D eigenvalue weighted by atomic mass is 9.93. The number of hydrogen-bond donors (Lipinski definition) is 0. The molecule has 0 aliphatic carbocycles. The Hall–Kier alpha value is -3.37. The summed E-state index contributed by atoms with van der Waals surface area (Å²) in [7, 11) is 0. The fourth-order valence-corrected chi connectivity index (χ4v) is 5.39. The Morgan fingerprint density at radius 1 is 0.925 bits per heavy atom. The molecule has 0 radical (unpaired) electrons. The van der Waals surface area contributed by atoms with E-state index in [0.717, 1.165) is 17.7 Å². The normalized spacial score (nSPS) is 19.2. The van der Waals surface area contributed by atoms with Crippen molar-refractivity contribution in [2.45, 2.75) is 38.0 Å². The molecule has 1 aliphatic heterocycles. The SMILES string of the molecule is Cc1nc(C2CC(n3cc(-c4cc(F)c(Cl)c(F)c4)nn3)CC(c3ccccc3)O2)n(-c2cc(Cl)ccc2Cl)n1. The second-order valence-electron chi connectivity index (χ2n) is 9.51. The van der Waals surface area contributed by atoms with Gasteiger partial charge in [-0.25, -0.2) is 23.1 Å². The number of nitrogens with zero attached hydrogens (tertiary/aromatic N) is 6. The third-order valence-corrected chi connectivity index (χ3v) is 7.71. The van der Waals surface area contributed by atoms with E-state index in [9.17, 15) is 8.78 Å². The molecule has 0 spiro atoms. The van der Waals surface area contributed by atoms with Gasteiger partial charge >= 0.3 is 0 Å². The summed E-state index contributed by atoms with van der Waals surface area (Å²) in [5.41, 5.74) is 2.13. The molecule has 3 atom stereocenters. The quantitative estimate of drug-likeness (QED) is 0.192. The highest BCUT2D eigenvalue weighted by atomic mass is 35.5. The highest BCUT2D eigenvalue weighted by Crippen LogP contribution is 2.44. The molecule has 3 heterocycles. The van der Waals surface area contributed by atoms with Crippen LogP contribution >= 0.6 is 34.8 Å². The van der Waals surface area contributed by atoms with Crippen LogP contribution in [0, 0.1) is 18.6 Å².